The maximum absolute atomic E-state index is 9.68. The maximum Gasteiger partial charge on any atom is 0.119 e. The van der Waals surface area contributed by atoms with E-state index >= 15 is 0 Å². The number of rotatable bonds is 3. The van der Waals surface area contributed by atoms with Crippen molar-refractivity contribution in [3.05, 3.63) is 88.5 Å². The van der Waals surface area contributed by atoms with Gasteiger partial charge in [0.05, 0.1) is 7.11 Å². The van der Waals surface area contributed by atoms with Gasteiger partial charge >= 0.3 is 0 Å². The summed E-state index contributed by atoms with van der Waals surface area (Å²) >= 11 is 0. The van der Waals surface area contributed by atoms with Gasteiger partial charge in [-0.3, -0.25) is 0 Å². The molecular formula is C23H22O2. The van der Waals surface area contributed by atoms with Crippen molar-refractivity contribution in [1.29, 1.82) is 0 Å². The molecule has 0 heterocycles. The molecule has 2 heteroatoms. The Labute approximate surface area is 148 Å². The number of aromatic hydroxyl groups is 1. The summed E-state index contributed by atoms with van der Waals surface area (Å²) in [6, 6.07) is 13.9. The Kier molecular flexibility index (Phi) is 4.19. The lowest BCUT2D eigenvalue weighted by molar-refractivity contribution is 0.414. The first-order valence-electron chi connectivity index (χ1n) is 8.83. The Hall–Kier alpha value is -2.74. The standard InChI is InChI=1S/C23H22O2/c1-25-20-12-14-22-18(15-20)9-13-21(16-5-3-2-4-6-16)23(22)17-7-10-19(24)11-8-17/h3,5-8,10-12,14-15,24H,2,4,9,13H2,1H3. The molecule has 0 saturated carbocycles. The lowest BCUT2D eigenvalue weighted by atomic mass is 9.78. The zero-order valence-electron chi connectivity index (χ0n) is 14.5. The highest BCUT2D eigenvalue weighted by Gasteiger charge is 2.22. The average molecular weight is 330 g/mol. The molecule has 0 saturated heterocycles. The van der Waals surface area contributed by atoms with Gasteiger partial charge in [0.1, 0.15) is 11.5 Å². The molecule has 2 aromatic rings. The van der Waals surface area contributed by atoms with Gasteiger partial charge in [0, 0.05) is 0 Å². The predicted molar refractivity (Wildman–Crippen MR) is 102 cm³/mol. The van der Waals surface area contributed by atoms with E-state index in [1.54, 1.807) is 19.2 Å². The summed E-state index contributed by atoms with van der Waals surface area (Å²) in [6.45, 7) is 0. The van der Waals surface area contributed by atoms with Crippen LogP contribution in [0.15, 0.2) is 71.8 Å². The van der Waals surface area contributed by atoms with E-state index in [1.165, 1.54) is 27.8 Å². The fraction of sp³-hybridized carbons (Fsp3) is 0.217. The van der Waals surface area contributed by atoms with Crippen molar-refractivity contribution >= 4 is 5.57 Å². The third kappa shape index (κ3) is 3.00. The highest BCUT2D eigenvalue weighted by Crippen LogP contribution is 2.41. The number of aryl methyl sites for hydroxylation is 1. The molecule has 2 nitrogen and oxygen atoms in total. The topological polar surface area (TPSA) is 29.5 Å². The highest BCUT2D eigenvalue weighted by atomic mass is 16.5. The van der Waals surface area contributed by atoms with E-state index in [0.29, 0.717) is 5.75 Å². The molecule has 0 amide bonds. The molecule has 2 aliphatic carbocycles. The smallest absolute Gasteiger partial charge is 0.119 e. The molecule has 126 valence electrons. The van der Waals surface area contributed by atoms with Gasteiger partial charge in [-0.15, -0.1) is 0 Å². The van der Waals surface area contributed by atoms with Crippen molar-refractivity contribution in [2.75, 3.05) is 7.11 Å². The van der Waals surface area contributed by atoms with E-state index in [1.807, 2.05) is 18.2 Å². The molecule has 0 unspecified atom stereocenters. The normalized spacial score (nSPS) is 16.4. The van der Waals surface area contributed by atoms with Gasteiger partial charge in [-0.1, -0.05) is 36.4 Å². The number of phenols is 1. The monoisotopic (exact) mass is 330 g/mol. The summed E-state index contributed by atoms with van der Waals surface area (Å²) in [4.78, 5) is 0. The van der Waals surface area contributed by atoms with Gasteiger partial charge in [0.15, 0.2) is 0 Å². The predicted octanol–water partition coefficient (Wildman–Crippen LogP) is 5.43. The Morgan fingerprint density at radius 3 is 2.52 bits per heavy atom. The van der Waals surface area contributed by atoms with Crippen LogP contribution in [0.4, 0.5) is 0 Å². The van der Waals surface area contributed by atoms with Gasteiger partial charge < -0.3 is 9.84 Å². The third-order valence-corrected chi connectivity index (χ3v) is 5.03. The van der Waals surface area contributed by atoms with E-state index in [-0.39, 0.29) is 0 Å². The van der Waals surface area contributed by atoms with Crippen molar-refractivity contribution in [3.8, 4) is 11.5 Å². The van der Waals surface area contributed by atoms with E-state index in [2.05, 4.69) is 30.4 Å². The lowest BCUT2D eigenvalue weighted by Gasteiger charge is -2.26. The number of benzene rings is 2. The number of ether oxygens (including phenoxy) is 1. The van der Waals surface area contributed by atoms with Gasteiger partial charge in [-0.05, 0) is 83.4 Å². The molecule has 0 atom stereocenters. The quantitative estimate of drug-likeness (QED) is 0.813. The number of fused-ring (bicyclic) bond motifs is 1. The summed E-state index contributed by atoms with van der Waals surface area (Å²) in [5.74, 6) is 1.21. The van der Waals surface area contributed by atoms with E-state index in [0.717, 1.165) is 37.0 Å². The third-order valence-electron chi connectivity index (χ3n) is 5.03. The maximum atomic E-state index is 9.68. The highest BCUT2D eigenvalue weighted by molar-refractivity contribution is 5.88. The Morgan fingerprint density at radius 1 is 0.960 bits per heavy atom. The second kappa shape index (κ2) is 6.64. The number of hydrogen-bond donors (Lipinski definition) is 1. The second-order valence-electron chi connectivity index (χ2n) is 6.56. The largest absolute Gasteiger partial charge is 0.508 e. The van der Waals surface area contributed by atoms with Gasteiger partial charge in [0.2, 0.25) is 0 Å². The first kappa shape index (κ1) is 15.8. The van der Waals surface area contributed by atoms with Crippen molar-refractivity contribution in [3.63, 3.8) is 0 Å². The summed E-state index contributed by atoms with van der Waals surface area (Å²) in [6.07, 6.45) is 11.1. The fourth-order valence-corrected chi connectivity index (χ4v) is 3.78. The average Bonchev–Trinajstić information content (AvgIpc) is 2.68. The van der Waals surface area contributed by atoms with Crippen LogP contribution < -0.4 is 4.74 Å². The van der Waals surface area contributed by atoms with Crippen LogP contribution in [0.3, 0.4) is 0 Å². The van der Waals surface area contributed by atoms with E-state index < -0.39 is 0 Å². The summed E-state index contributed by atoms with van der Waals surface area (Å²) in [5, 5.41) is 9.68. The molecule has 0 aromatic heterocycles. The minimum Gasteiger partial charge on any atom is -0.508 e. The van der Waals surface area contributed by atoms with Gasteiger partial charge in [-0.25, -0.2) is 0 Å². The minimum absolute atomic E-state index is 0.299. The van der Waals surface area contributed by atoms with Crippen LogP contribution in [0.1, 0.15) is 36.0 Å². The van der Waals surface area contributed by atoms with Crippen LogP contribution in [0, 0.1) is 0 Å². The van der Waals surface area contributed by atoms with Gasteiger partial charge in [0.25, 0.3) is 0 Å². The van der Waals surface area contributed by atoms with Crippen LogP contribution in [0.5, 0.6) is 11.5 Å². The van der Waals surface area contributed by atoms with Crippen LogP contribution in [-0.2, 0) is 6.42 Å². The summed E-state index contributed by atoms with van der Waals surface area (Å²) < 4.78 is 5.41. The molecule has 0 radical (unpaired) electrons. The Morgan fingerprint density at radius 2 is 1.80 bits per heavy atom. The summed E-state index contributed by atoms with van der Waals surface area (Å²) in [5.41, 5.74) is 7.77. The molecule has 25 heavy (non-hydrogen) atoms. The Balaban J connectivity index is 1.92. The minimum atomic E-state index is 0.299. The summed E-state index contributed by atoms with van der Waals surface area (Å²) in [7, 11) is 1.71. The molecule has 2 aliphatic rings. The molecule has 2 aromatic carbocycles. The number of methoxy groups -OCH3 is 1. The zero-order chi connectivity index (χ0) is 17.2. The number of hydrogen-bond acceptors (Lipinski definition) is 2. The molecular weight excluding hydrogens is 308 g/mol. The van der Waals surface area contributed by atoms with Crippen LogP contribution in [0.25, 0.3) is 5.57 Å². The Bertz CT molecular complexity index is 883. The fourth-order valence-electron chi connectivity index (χ4n) is 3.78. The SMILES string of the molecule is COc1ccc2c(c1)CCC(C1=CCCC=C1)=C2c1ccc(O)cc1. The van der Waals surface area contributed by atoms with Crippen molar-refractivity contribution in [1.82, 2.24) is 0 Å². The van der Waals surface area contributed by atoms with Crippen molar-refractivity contribution < 1.29 is 9.84 Å². The van der Waals surface area contributed by atoms with Crippen molar-refractivity contribution in [2.45, 2.75) is 25.7 Å². The van der Waals surface area contributed by atoms with E-state index in [9.17, 15) is 5.11 Å². The van der Waals surface area contributed by atoms with Gasteiger partial charge in [-0.2, -0.15) is 0 Å². The zero-order valence-corrected chi connectivity index (χ0v) is 14.5. The van der Waals surface area contributed by atoms with E-state index in [4.69, 9.17) is 4.74 Å². The first-order chi connectivity index (χ1) is 12.3. The molecule has 0 spiro atoms. The van der Waals surface area contributed by atoms with Crippen LogP contribution in [-0.4, -0.2) is 12.2 Å². The number of phenolic OH excluding ortho intramolecular Hbond substituents is 1. The molecule has 0 fully saturated rings. The van der Waals surface area contributed by atoms with Crippen molar-refractivity contribution in [2.24, 2.45) is 0 Å². The molecule has 0 aliphatic heterocycles. The molecule has 4 rings (SSSR count). The molecule has 0 bridgehead atoms. The van der Waals surface area contributed by atoms with Crippen LogP contribution >= 0.6 is 0 Å². The second-order valence-corrected chi connectivity index (χ2v) is 6.56. The lowest BCUT2D eigenvalue weighted by Crippen LogP contribution is -2.08. The number of allylic oxidation sites excluding steroid dienone is 5. The molecule has 1 N–H and O–H groups in total. The van der Waals surface area contributed by atoms with Crippen LogP contribution in [0.2, 0.25) is 0 Å². The first-order valence-corrected chi connectivity index (χ1v) is 8.83.